The van der Waals surface area contributed by atoms with E-state index in [1.165, 1.54) is 26.2 Å². The summed E-state index contributed by atoms with van der Waals surface area (Å²) in [7, 11) is -2.41. The lowest BCUT2D eigenvalue weighted by molar-refractivity contribution is 0.143. The summed E-state index contributed by atoms with van der Waals surface area (Å²) in [5.41, 5.74) is 0.0618. The molecular formula is C14H20FNO4S. The third-order valence-corrected chi connectivity index (χ3v) is 5.25. The minimum atomic E-state index is -3.76. The van der Waals surface area contributed by atoms with Crippen LogP contribution in [-0.4, -0.2) is 34.8 Å². The summed E-state index contributed by atoms with van der Waals surface area (Å²) >= 11 is 0. The Morgan fingerprint density at radius 3 is 2.81 bits per heavy atom. The topological polar surface area (TPSA) is 64.6 Å². The van der Waals surface area contributed by atoms with Gasteiger partial charge in [-0.3, -0.25) is 0 Å². The molecule has 0 bridgehead atoms. The van der Waals surface area contributed by atoms with Gasteiger partial charge in [-0.2, -0.15) is 0 Å². The minimum absolute atomic E-state index is 0.0364. The van der Waals surface area contributed by atoms with Crippen molar-refractivity contribution in [3.05, 3.63) is 23.5 Å². The lowest BCUT2D eigenvalue weighted by Crippen LogP contribution is -2.35. The van der Waals surface area contributed by atoms with Gasteiger partial charge in [-0.1, -0.05) is 0 Å². The van der Waals surface area contributed by atoms with Gasteiger partial charge in [0.25, 0.3) is 0 Å². The molecule has 2 rings (SSSR count). The van der Waals surface area contributed by atoms with Crippen LogP contribution in [0.2, 0.25) is 0 Å². The van der Waals surface area contributed by atoms with Crippen molar-refractivity contribution in [3.8, 4) is 5.75 Å². The highest BCUT2D eigenvalue weighted by Gasteiger charge is 2.25. The van der Waals surface area contributed by atoms with E-state index < -0.39 is 15.8 Å². The van der Waals surface area contributed by atoms with E-state index in [1.54, 1.807) is 0 Å². The van der Waals surface area contributed by atoms with Crippen LogP contribution in [0.1, 0.15) is 24.8 Å². The number of rotatable bonds is 4. The lowest BCUT2D eigenvalue weighted by Gasteiger charge is -2.17. The normalized spacial score (nSPS) is 20.0. The van der Waals surface area contributed by atoms with Gasteiger partial charge in [0.15, 0.2) is 11.6 Å². The van der Waals surface area contributed by atoms with Crippen molar-refractivity contribution in [2.45, 2.75) is 37.1 Å². The van der Waals surface area contributed by atoms with Gasteiger partial charge in [0.2, 0.25) is 10.0 Å². The lowest BCUT2D eigenvalue weighted by atomic mass is 10.1. The Kier molecular flexibility index (Phi) is 5.18. The van der Waals surface area contributed by atoms with Gasteiger partial charge in [0.1, 0.15) is 0 Å². The van der Waals surface area contributed by atoms with Gasteiger partial charge in [-0.25, -0.2) is 17.5 Å². The quantitative estimate of drug-likeness (QED) is 0.922. The Bertz CT molecular complexity index is 595. The van der Waals surface area contributed by atoms with Crippen molar-refractivity contribution in [3.63, 3.8) is 0 Å². The molecule has 0 aromatic heterocycles. The van der Waals surface area contributed by atoms with Crippen molar-refractivity contribution >= 4 is 10.0 Å². The highest BCUT2D eigenvalue weighted by Crippen LogP contribution is 2.26. The highest BCUT2D eigenvalue weighted by molar-refractivity contribution is 7.89. The molecular weight excluding hydrogens is 297 g/mol. The predicted octanol–water partition coefficient (Wildman–Crippen LogP) is 1.99. The fourth-order valence-corrected chi connectivity index (χ4v) is 3.94. The van der Waals surface area contributed by atoms with E-state index >= 15 is 0 Å². The molecule has 1 aliphatic heterocycles. The first-order valence-electron chi connectivity index (χ1n) is 6.89. The van der Waals surface area contributed by atoms with Gasteiger partial charge >= 0.3 is 0 Å². The predicted molar refractivity (Wildman–Crippen MR) is 76.5 cm³/mol. The van der Waals surface area contributed by atoms with Crippen LogP contribution < -0.4 is 9.46 Å². The molecule has 1 fully saturated rings. The molecule has 1 atom stereocenters. The average molecular weight is 317 g/mol. The van der Waals surface area contributed by atoms with E-state index in [-0.39, 0.29) is 22.3 Å². The van der Waals surface area contributed by atoms with E-state index in [0.717, 1.165) is 12.8 Å². The molecule has 0 aliphatic carbocycles. The molecule has 0 saturated carbocycles. The molecule has 21 heavy (non-hydrogen) atoms. The Morgan fingerprint density at radius 1 is 1.33 bits per heavy atom. The molecule has 1 aliphatic rings. The van der Waals surface area contributed by atoms with E-state index in [1.807, 2.05) is 0 Å². The van der Waals surface area contributed by atoms with Gasteiger partial charge < -0.3 is 9.47 Å². The van der Waals surface area contributed by atoms with Crippen LogP contribution in [0, 0.1) is 12.7 Å². The maximum atomic E-state index is 14.0. The zero-order valence-electron chi connectivity index (χ0n) is 12.2. The number of sulfonamides is 1. The monoisotopic (exact) mass is 317 g/mol. The zero-order chi connectivity index (χ0) is 15.5. The number of ether oxygens (including phenoxy) is 2. The number of hydrogen-bond donors (Lipinski definition) is 1. The van der Waals surface area contributed by atoms with Crippen LogP contribution in [-0.2, 0) is 14.8 Å². The molecule has 1 aromatic carbocycles. The summed E-state index contributed by atoms with van der Waals surface area (Å²) in [6.45, 7) is 2.61. The van der Waals surface area contributed by atoms with Gasteiger partial charge in [-0.05, 0) is 38.3 Å². The largest absolute Gasteiger partial charge is 0.494 e. The molecule has 1 heterocycles. The first kappa shape index (κ1) is 16.2. The molecule has 1 N–H and O–H groups in total. The number of nitrogens with one attached hydrogen (secondary N) is 1. The number of halogens is 1. The SMILES string of the molecule is COc1ccc(S(=O)(=O)NC2CCCOCC2)c(C)c1F. The number of benzene rings is 1. The van der Waals surface area contributed by atoms with Crippen LogP contribution >= 0.6 is 0 Å². The first-order valence-corrected chi connectivity index (χ1v) is 8.37. The zero-order valence-corrected chi connectivity index (χ0v) is 13.0. The van der Waals surface area contributed by atoms with Crippen LogP contribution in [0.15, 0.2) is 17.0 Å². The fourth-order valence-electron chi connectivity index (χ4n) is 2.40. The van der Waals surface area contributed by atoms with E-state index in [0.29, 0.717) is 19.6 Å². The van der Waals surface area contributed by atoms with E-state index in [4.69, 9.17) is 9.47 Å². The highest BCUT2D eigenvalue weighted by atomic mass is 32.2. The third-order valence-electron chi connectivity index (χ3n) is 3.58. The second-order valence-electron chi connectivity index (χ2n) is 5.07. The van der Waals surface area contributed by atoms with Gasteiger partial charge in [-0.15, -0.1) is 0 Å². The summed E-state index contributed by atoms with van der Waals surface area (Å²) in [5.74, 6) is -0.612. The summed E-state index contributed by atoms with van der Waals surface area (Å²) in [6.07, 6.45) is 2.15. The van der Waals surface area contributed by atoms with Crippen molar-refractivity contribution in [2.24, 2.45) is 0 Å². The van der Waals surface area contributed by atoms with Crippen molar-refractivity contribution in [2.75, 3.05) is 20.3 Å². The summed E-state index contributed by atoms with van der Waals surface area (Å²) in [4.78, 5) is -0.0500. The number of methoxy groups -OCH3 is 1. The average Bonchev–Trinajstić information content (AvgIpc) is 2.69. The Hall–Kier alpha value is -1.18. The summed E-state index contributed by atoms with van der Waals surface area (Å²) in [5, 5.41) is 0. The summed E-state index contributed by atoms with van der Waals surface area (Å²) < 4.78 is 51.7. The second-order valence-corrected chi connectivity index (χ2v) is 6.75. The van der Waals surface area contributed by atoms with Crippen LogP contribution in [0.25, 0.3) is 0 Å². The molecule has 118 valence electrons. The standard InChI is InChI=1S/C14H20FNO4S/c1-10-13(6-5-12(19-2)14(10)15)21(17,18)16-11-4-3-8-20-9-7-11/h5-6,11,16H,3-4,7-9H2,1-2H3. The van der Waals surface area contributed by atoms with Crippen LogP contribution in [0.5, 0.6) is 5.75 Å². The van der Waals surface area contributed by atoms with Crippen molar-refractivity contribution < 1.29 is 22.3 Å². The maximum absolute atomic E-state index is 14.0. The van der Waals surface area contributed by atoms with Crippen LogP contribution in [0.3, 0.4) is 0 Å². The third kappa shape index (κ3) is 3.72. The molecule has 0 spiro atoms. The molecule has 5 nitrogen and oxygen atoms in total. The number of hydrogen-bond acceptors (Lipinski definition) is 4. The van der Waals surface area contributed by atoms with Crippen molar-refractivity contribution in [1.29, 1.82) is 0 Å². The fraction of sp³-hybridized carbons (Fsp3) is 0.571. The van der Waals surface area contributed by atoms with Crippen LogP contribution in [0.4, 0.5) is 4.39 Å². The molecule has 1 unspecified atom stereocenters. The van der Waals surface area contributed by atoms with Crippen molar-refractivity contribution in [1.82, 2.24) is 4.72 Å². The maximum Gasteiger partial charge on any atom is 0.241 e. The smallest absolute Gasteiger partial charge is 0.241 e. The molecule has 0 amide bonds. The Morgan fingerprint density at radius 2 is 2.10 bits per heavy atom. The first-order chi connectivity index (χ1) is 9.95. The molecule has 7 heteroatoms. The molecule has 1 aromatic rings. The van der Waals surface area contributed by atoms with E-state index in [9.17, 15) is 12.8 Å². The van der Waals surface area contributed by atoms with E-state index in [2.05, 4.69) is 4.72 Å². The Balaban J connectivity index is 2.25. The van der Waals surface area contributed by atoms with Gasteiger partial charge in [0.05, 0.1) is 12.0 Å². The second kappa shape index (κ2) is 6.72. The minimum Gasteiger partial charge on any atom is -0.494 e. The molecule has 1 saturated heterocycles. The summed E-state index contributed by atoms with van der Waals surface area (Å²) in [6, 6.07) is 2.52. The Labute approximate surface area is 124 Å². The molecule has 0 radical (unpaired) electrons. The van der Waals surface area contributed by atoms with Gasteiger partial charge in [0, 0.05) is 24.8 Å².